The van der Waals surface area contributed by atoms with E-state index in [1.165, 1.54) is 5.69 Å². The van der Waals surface area contributed by atoms with Crippen molar-refractivity contribution in [1.82, 2.24) is 14.3 Å². The molecule has 6 heteroatoms. The summed E-state index contributed by atoms with van der Waals surface area (Å²) < 4.78 is 1.82. The molecule has 1 aliphatic heterocycles. The fourth-order valence-corrected chi connectivity index (χ4v) is 3.40. The Hall–Kier alpha value is -2.86. The van der Waals surface area contributed by atoms with Crippen molar-refractivity contribution in [2.45, 2.75) is 6.92 Å². The maximum Gasteiger partial charge on any atom is 0.274 e. The number of aromatic nitrogens is 2. The van der Waals surface area contributed by atoms with Gasteiger partial charge in [-0.3, -0.25) is 9.20 Å². The van der Waals surface area contributed by atoms with Crippen molar-refractivity contribution in [2.24, 2.45) is 0 Å². The summed E-state index contributed by atoms with van der Waals surface area (Å²) in [5.74, 6) is -0.145. The maximum atomic E-state index is 12.7. The fourth-order valence-electron chi connectivity index (χ4n) is 3.40. The van der Waals surface area contributed by atoms with Gasteiger partial charge in [0.15, 0.2) is 0 Å². The molecule has 0 unspecified atom stereocenters. The fraction of sp³-hybridized carbons (Fsp3) is 0.300. The van der Waals surface area contributed by atoms with Gasteiger partial charge in [-0.25, -0.2) is 4.98 Å². The first kappa shape index (κ1) is 16.6. The molecule has 26 heavy (non-hydrogen) atoms. The summed E-state index contributed by atoms with van der Waals surface area (Å²) in [5, 5.41) is 2.99. The minimum atomic E-state index is -0.145. The van der Waals surface area contributed by atoms with E-state index in [0.29, 0.717) is 5.69 Å². The molecule has 0 atom stereocenters. The van der Waals surface area contributed by atoms with E-state index in [-0.39, 0.29) is 5.91 Å². The van der Waals surface area contributed by atoms with E-state index in [1.807, 2.05) is 47.9 Å². The van der Waals surface area contributed by atoms with Gasteiger partial charge in [-0.2, -0.15) is 0 Å². The molecular formula is C20H23N5O. The van der Waals surface area contributed by atoms with E-state index in [4.69, 9.17) is 0 Å². The predicted octanol–water partition coefficient (Wildman–Crippen LogP) is 2.65. The number of anilines is 2. The van der Waals surface area contributed by atoms with Crippen molar-refractivity contribution in [3.05, 3.63) is 60.0 Å². The van der Waals surface area contributed by atoms with Gasteiger partial charge in [-0.1, -0.05) is 6.07 Å². The molecule has 2 aromatic heterocycles. The highest BCUT2D eigenvalue weighted by atomic mass is 16.2. The normalized spacial score (nSPS) is 15.4. The quantitative estimate of drug-likeness (QED) is 0.790. The Morgan fingerprint density at radius 2 is 1.77 bits per heavy atom. The zero-order valence-electron chi connectivity index (χ0n) is 15.1. The SMILES string of the molecule is Cc1nc2ccccn2c1C(=O)Nc1ccc(N2CCN(C)CC2)cc1. The number of amides is 1. The number of piperazine rings is 1. The number of likely N-dealkylation sites (N-methyl/N-ethyl adjacent to an activating group) is 1. The molecule has 0 spiro atoms. The number of hydrogen-bond donors (Lipinski definition) is 1. The second-order valence-corrected chi connectivity index (χ2v) is 6.77. The first-order valence-corrected chi connectivity index (χ1v) is 8.90. The minimum absolute atomic E-state index is 0.145. The van der Waals surface area contributed by atoms with Crippen LogP contribution in [-0.2, 0) is 0 Å². The molecule has 1 aromatic carbocycles. The topological polar surface area (TPSA) is 52.9 Å². The number of nitrogens with zero attached hydrogens (tertiary/aromatic N) is 4. The smallest absolute Gasteiger partial charge is 0.274 e. The molecule has 3 aromatic rings. The van der Waals surface area contributed by atoms with Crippen LogP contribution in [-0.4, -0.2) is 53.4 Å². The third-order valence-corrected chi connectivity index (χ3v) is 4.91. The number of carbonyl (C=O) groups is 1. The molecule has 0 aliphatic carbocycles. The Morgan fingerprint density at radius 3 is 2.50 bits per heavy atom. The number of fused-ring (bicyclic) bond motifs is 1. The van der Waals surface area contributed by atoms with Crippen LogP contribution in [0.4, 0.5) is 11.4 Å². The van der Waals surface area contributed by atoms with Crippen molar-refractivity contribution in [3.8, 4) is 0 Å². The van der Waals surface area contributed by atoms with Crippen molar-refractivity contribution in [1.29, 1.82) is 0 Å². The van der Waals surface area contributed by atoms with Gasteiger partial charge < -0.3 is 15.1 Å². The van der Waals surface area contributed by atoms with Crippen molar-refractivity contribution >= 4 is 22.9 Å². The van der Waals surface area contributed by atoms with Crippen molar-refractivity contribution in [2.75, 3.05) is 43.4 Å². The summed E-state index contributed by atoms with van der Waals surface area (Å²) in [6.07, 6.45) is 1.86. The Kier molecular flexibility index (Phi) is 4.34. The van der Waals surface area contributed by atoms with Gasteiger partial charge in [0.1, 0.15) is 11.3 Å². The molecular weight excluding hydrogens is 326 g/mol. The van der Waals surface area contributed by atoms with Gasteiger partial charge >= 0.3 is 0 Å². The highest BCUT2D eigenvalue weighted by molar-refractivity contribution is 6.04. The van der Waals surface area contributed by atoms with Gasteiger partial charge in [0.2, 0.25) is 0 Å². The molecule has 0 bridgehead atoms. The number of benzene rings is 1. The van der Waals surface area contributed by atoms with E-state index >= 15 is 0 Å². The van der Waals surface area contributed by atoms with Crippen LogP contribution in [0.2, 0.25) is 0 Å². The predicted molar refractivity (Wildman–Crippen MR) is 104 cm³/mol. The number of rotatable bonds is 3. The molecule has 134 valence electrons. The monoisotopic (exact) mass is 349 g/mol. The van der Waals surface area contributed by atoms with Crippen LogP contribution >= 0.6 is 0 Å². The zero-order valence-corrected chi connectivity index (χ0v) is 15.1. The molecule has 4 rings (SSSR count). The largest absolute Gasteiger partial charge is 0.369 e. The molecule has 3 heterocycles. The summed E-state index contributed by atoms with van der Waals surface area (Å²) in [6, 6.07) is 13.8. The highest BCUT2D eigenvalue weighted by Crippen LogP contribution is 2.20. The minimum Gasteiger partial charge on any atom is -0.369 e. The average Bonchev–Trinajstić information content (AvgIpc) is 2.99. The molecule has 0 radical (unpaired) electrons. The standard InChI is InChI=1S/C20H23N5O/c1-15-19(25-10-4-3-5-18(25)21-15)20(26)22-16-6-8-17(9-7-16)24-13-11-23(2)12-14-24/h3-10H,11-14H2,1-2H3,(H,22,26). The van der Waals surface area contributed by atoms with Crippen LogP contribution in [0.3, 0.4) is 0 Å². The van der Waals surface area contributed by atoms with Gasteiger partial charge in [-0.15, -0.1) is 0 Å². The number of aryl methyl sites for hydroxylation is 1. The van der Waals surface area contributed by atoms with Crippen LogP contribution < -0.4 is 10.2 Å². The Morgan fingerprint density at radius 1 is 1.04 bits per heavy atom. The first-order valence-electron chi connectivity index (χ1n) is 8.90. The molecule has 1 N–H and O–H groups in total. The first-order chi connectivity index (χ1) is 12.6. The molecule has 1 saturated heterocycles. The Balaban J connectivity index is 1.50. The van der Waals surface area contributed by atoms with Crippen molar-refractivity contribution in [3.63, 3.8) is 0 Å². The maximum absolute atomic E-state index is 12.7. The third kappa shape index (κ3) is 3.15. The number of nitrogens with one attached hydrogen (secondary N) is 1. The lowest BCUT2D eigenvalue weighted by Crippen LogP contribution is -2.44. The average molecular weight is 349 g/mol. The van der Waals surface area contributed by atoms with E-state index in [2.05, 4.69) is 39.3 Å². The Labute approximate surface area is 153 Å². The second-order valence-electron chi connectivity index (χ2n) is 6.77. The van der Waals surface area contributed by atoms with E-state index in [0.717, 1.165) is 43.2 Å². The van der Waals surface area contributed by atoms with E-state index < -0.39 is 0 Å². The number of imidazole rings is 1. The zero-order chi connectivity index (χ0) is 18.1. The lowest BCUT2D eigenvalue weighted by molar-refractivity contribution is 0.102. The van der Waals surface area contributed by atoms with Crippen molar-refractivity contribution < 1.29 is 4.79 Å². The third-order valence-electron chi connectivity index (χ3n) is 4.91. The highest BCUT2D eigenvalue weighted by Gasteiger charge is 2.17. The van der Waals surface area contributed by atoms with Crippen LogP contribution in [0.5, 0.6) is 0 Å². The number of hydrogen-bond acceptors (Lipinski definition) is 4. The second kappa shape index (κ2) is 6.80. The molecule has 1 fully saturated rings. The number of carbonyl (C=O) groups excluding carboxylic acids is 1. The van der Waals surface area contributed by atoms with Crippen LogP contribution in [0, 0.1) is 6.92 Å². The molecule has 1 aliphatic rings. The van der Waals surface area contributed by atoms with E-state index in [9.17, 15) is 4.79 Å². The molecule has 1 amide bonds. The lowest BCUT2D eigenvalue weighted by atomic mass is 10.2. The van der Waals surface area contributed by atoms with Crippen LogP contribution in [0.25, 0.3) is 5.65 Å². The van der Waals surface area contributed by atoms with Gasteiger partial charge in [0.25, 0.3) is 5.91 Å². The summed E-state index contributed by atoms with van der Waals surface area (Å²) in [5.41, 5.74) is 4.06. The van der Waals surface area contributed by atoms with Gasteiger partial charge in [0.05, 0.1) is 5.69 Å². The summed E-state index contributed by atoms with van der Waals surface area (Å²) in [7, 11) is 2.15. The van der Waals surface area contributed by atoms with Crippen LogP contribution in [0.15, 0.2) is 48.7 Å². The number of pyridine rings is 1. The molecule has 6 nitrogen and oxygen atoms in total. The summed E-state index contributed by atoms with van der Waals surface area (Å²) >= 11 is 0. The van der Waals surface area contributed by atoms with Gasteiger partial charge in [0, 0.05) is 43.8 Å². The Bertz CT molecular complexity index is 923. The lowest BCUT2D eigenvalue weighted by Gasteiger charge is -2.34. The van der Waals surface area contributed by atoms with Crippen LogP contribution in [0.1, 0.15) is 16.2 Å². The van der Waals surface area contributed by atoms with E-state index in [1.54, 1.807) is 0 Å². The summed E-state index contributed by atoms with van der Waals surface area (Å²) in [4.78, 5) is 21.9. The molecule has 0 saturated carbocycles. The van der Waals surface area contributed by atoms with Gasteiger partial charge in [-0.05, 0) is 50.4 Å². The summed E-state index contributed by atoms with van der Waals surface area (Å²) in [6.45, 7) is 6.07.